The van der Waals surface area contributed by atoms with Crippen LogP contribution in [0.15, 0.2) is 72.8 Å². The summed E-state index contributed by atoms with van der Waals surface area (Å²) in [6.45, 7) is 46.7. The van der Waals surface area contributed by atoms with Gasteiger partial charge in [0.15, 0.2) is 0 Å². The van der Waals surface area contributed by atoms with E-state index in [2.05, 4.69) is 214 Å². The van der Waals surface area contributed by atoms with Crippen LogP contribution in [-0.2, 0) is 43.3 Å². The third-order valence-corrected chi connectivity index (χ3v) is 18.3. The zero-order valence-electron chi connectivity index (χ0n) is 44.6. The molecule has 0 aromatic heterocycles. The topological polar surface area (TPSA) is 6.48 Å². The molecule has 0 spiro atoms. The van der Waals surface area contributed by atoms with E-state index >= 15 is 0 Å². The van der Waals surface area contributed by atoms with Gasteiger partial charge in [-0.3, -0.25) is 0 Å². The molecule has 66 heavy (non-hydrogen) atoms. The summed E-state index contributed by atoms with van der Waals surface area (Å²) in [5.74, 6) is 0. The highest BCUT2D eigenvalue weighted by molar-refractivity contribution is 7.00. The van der Waals surface area contributed by atoms with Crippen molar-refractivity contribution in [1.82, 2.24) is 0 Å². The number of fused-ring (bicyclic) bond motifs is 7. The van der Waals surface area contributed by atoms with E-state index in [-0.39, 0.29) is 50.0 Å². The molecule has 0 atom stereocenters. The normalized spacial score (nSPS) is 21.2. The Morgan fingerprint density at radius 3 is 1.30 bits per heavy atom. The molecule has 5 aromatic rings. The fourth-order valence-corrected chi connectivity index (χ4v) is 13.2. The highest BCUT2D eigenvalue weighted by Crippen LogP contribution is 2.55. The maximum absolute atomic E-state index is 2.77. The summed E-state index contributed by atoms with van der Waals surface area (Å²) < 4.78 is 0. The monoisotopic (exact) mass is 877 g/mol. The van der Waals surface area contributed by atoms with Crippen molar-refractivity contribution < 1.29 is 0 Å². The minimum atomic E-state index is -0.0905. The van der Waals surface area contributed by atoms with Gasteiger partial charge in [-0.2, -0.15) is 0 Å². The fraction of sp³-hybridized carbons (Fsp3) is 0.524. The summed E-state index contributed by atoms with van der Waals surface area (Å²) in [6.07, 6.45) is 7.18. The molecule has 0 unspecified atom stereocenters. The zero-order chi connectivity index (χ0) is 47.9. The number of benzene rings is 5. The first-order valence-electron chi connectivity index (χ1n) is 25.8. The molecule has 0 fully saturated rings. The van der Waals surface area contributed by atoms with Crippen molar-refractivity contribution in [1.29, 1.82) is 0 Å². The number of hydrogen-bond donors (Lipinski definition) is 0. The van der Waals surface area contributed by atoms with Crippen molar-refractivity contribution in [3.63, 3.8) is 0 Å². The zero-order valence-corrected chi connectivity index (χ0v) is 44.6. The average molecular weight is 877 g/mol. The molecule has 5 aromatic carbocycles. The Morgan fingerprint density at radius 1 is 0.379 bits per heavy atom. The molecular weight excluding hydrogens is 796 g/mol. The van der Waals surface area contributed by atoms with E-state index < -0.39 is 0 Å². The smallest absolute Gasteiger partial charge is 0.252 e. The highest BCUT2D eigenvalue weighted by Gasteiger charge is 2.49. The van der Waals surface area contributed by atoms with Gasteiger partial charge < -0.3 is 9.80 Å². The van der Waals surface area contributed by atoms with Crippen LogP contribution in [-0.4, -0.2) is 6.71 Å². The van der Waals surface area contributed by atoms with Crippen LogP contribution in [0, 0.1) is 6.92 Å². The number of aryl methyl sites for hydroxylation is 1. The quantitative estimate of drug-likeness (QED) is 0.160. The van der Waals surface area contributed by atoms with Gasteiger partial charge in [0.05, 0.1) is 0 Å². The van der Waals surface area contributed by atoms with E-state index in [1.807, 2.05) is 0 Å². The van der Waals surface area contributed by atoms with Crippen molar-refractivity contribution in [3.05, 3.63) is 123 Å². The summed E-state index contributed by atoms with van der Waals surface area (Å²) >= 11 is 0. The van der Waals surface area contributed by atoms with Gasteiger partial charge >= 0.3 is 0 Å². The molecule has 3 heteroatoms. The molecule has 0 amide bonds. The fourth-order valence-electron chi connectivity index (χ4n) is 13.2. The summed E-state index contributed by atoms with van der Waals surface area (Å²) in [5.41, 5.74) is 26.0. The second-order valence-electron chi connectivity index (χ2n) is 28.0. The molecule has 5 aliphatic rings. The van der Waals surface area contributed by atoms with Crippen LogP contribution in [0.2, 0.25) is 0 Å². The van der Waals surface area contributed by atoms with Gasteiger partial charge in [0, 0.05) is 34.1 Å². The van der Waals surface area contributed by atoms with Gasteiger partial charge in [0.2, 0.25) is 0 Å². The maximum atomic E-state index is 2.77. The molecule has 2 aliphatic heterocycles. The van der Waals surface area contributed by atoms with Gasteiger partial charge in [0.1, 0.15) is 0 Å². The van der Waals surface area contributed by atoms with Crippen LogP contribution >= 0.6 is 0 Å². The standard InChI is InChI=1S/C63H81BN2/c1-38-30-43-46(62(16,17)28-26-59(43,10)11)36-50(38)66-52-37-47-45(61(14,15)27-29-63(47,18)19)35-49(52)64-48-23-20-39(56(2,3)4)31-51(48)65(53-32-40(57(5,6)7)33-54(66)55(53)64)41-21-22-42-44(34-41)60(12,13)25-24-58(42,8)9/h20-23,30-37H,24-29H2,1-19H3. The Kier molecular flexibility index (Phi) is 9.62. The van der Waals surface area contributed by atoms with E-state index in [4.69, 9.17) is 0 Å². The first kappa shape index (κ1) is 45.5. The second-order valence-corrected chi connectivity index (χ2v) is 28.0. The highest BCUT2D eigenvalue weighted by atomic mass is 15.2. The lowest BCUT2D eigenvalue weighted by molar-refractivity contribution is 0.331. The molecule has 10 rings (SSSR count). The number of anilines is 6. The van der Waals surface area contributed by atoms with Crippen LogP contribution in [0.25, 0.3) is 0 Å². The Labute approximate surface area is 401 Å². The molecule has 2 nitrogen and oxygen atoms in total. The van der Waals surface area contributed by atoms with E-state index in [0.717, 1.165) is 0 Å². The first-order valence-corrected chi connectivity index (χ1v) is 25.8. The van der Waals surface area contributed by atoms with Gasteiger partial charge in [-0.1, -0.05) is 155 Å². The molecular formula is C63H81BN2. The Balaban J connectivity index is 1.36. The first-order chi connectivity index (χ1) is 30.3. The second kappa shape index (κ2) is 13.9. The third kappa shape index (κ3) is 6.76. The van der Waals surface area contributed by atoms with E-state index in [9.17, 15) is 0 Å². The minimum absolute atomic E-state index is 0.0104. The van der Waals surface area contributed by atoms with Crippen molar-refractivity contribution in [2.75, 3.05) is 9.80 Å². The number of nitrogens with zero attached hydrogens (tertiary/aromatic N) is 2. The lowest BCUT2D eigenvalue weighted by Crippen LogP contribution is -2.62. The Morgan fingerprint density at radius 2 is 0.788 bits per heavy atom. The molecule has 0 saturated carbocycles. The summed E-state index contributed by atoms with van der Waals surface area (Å²) in [5, 5.41) is 0. The summed E-state index contributed by atoms with van der Waals surface area (Å²) in [6, 6.07) is 31.0. The maximum Gasteiger partial charge on any atom is 0.252 e. The SMILES string of the molecule is Cc1cc2c(cc1N1c3cc4c(cc3B3c5ccc(C(C)(C)C)cc5N(c5ccc6c(c5)C(C)(C)CCC6(C)C)c5cc(C(C)(C)C)cc1c53)C(C)(C)CCC4(C)C)C(C)(C)CCC2(C)C. The van der Waals surface area contributed by atoms with Gasteiger partial charge in [0.25, 0.3) is 6.71 Å². The van der Waals surface area contributed by atoms with Crippen molar-refractivity contribution in [2.24, 2.45) is 0 Å². The Bertz CT molecular complexity index is 2860. The number of hydrogen-bond acceptors (Lipinski definition) is 2. The van der Waals surface area contributed by atoms with Crippen LogP contribution in [0.3, 0.4) is 0 Å². The van der Waals surface area contributed by atoms with Crippen molar-refractivity contribution in [3.8, 4) is 0 Å². The predicted molar refractivity (Wildman–Crippen MR) is 288 cm³/mol. The molecule has 346 valence electrons. The van der Waals surface area contributed by atoms with E-state index in [1.54, 1.807) is 0 Å². The molecule has 0 radical (unpaired) electrons. The van der Waals surface area contributed by atoms with Crippen LogP contribution in [0.4, 0.5) is 34.1 Å². The van der Waals surface area contributed by atoms with Crippen LogP contribution in [0.1, 0.15) is 213 Å². The van der Waals surface area contributed by atoms with Crippen LogP contribution < -0.4 is 26.2 Å². The Hall–Kier alpha value is -4.24. The van der Waals surface area contributed by atoms with Crippen molar-refractivity contribution in [2.45, 2.75) is 213 Å². The van der Waals surface area contributed by atoms with Gasteiger partial charge in [-0.15, -0.1) is 0 Å². The lowest BCUT2D eigenvalue weighted by Gasteiger charge is -2.49. The summed E-state index contributed by atoms with van der Waals surface area (Å²) in [4.78, 5) is 5.49. The van der Waals surface area contributed by atoms with Crippen molar-refractivity contribution >= 4 is 57.2 Å². The van der Waals surface area contributed by atoms with Gasteiger partial charge in [-0.05, 0) is 198 Å². The number of rotatable bonds is 2. The van der Waals surface area contributed by atoms with E-state index in [0.29, 0.717) is 0 Å². The molecule has 2 heterocycles. The third-order valence-electron chi connectivity index (χ3n) is 18.3. The molecule has 3 aliphatic carbocycles. The molecule has 0 saturated heterocycles. The van der Waals surface area contributed by atoms with Crippen LogP contribution in [0.5, 0.6) is 0 Å². The average Bonchev–Trinajstić information content (AvgIpc) is 3.21. The predicted octanol–water partition coefficient (Wildman–Crippen LogP) is 15.7. The van der Waals surface area contributed by atoms with Gasteiger partial charge in [-0.25, -0.2) is 0 Å². The lowest BCUT2D eigenvalue weighted by atomic mass is 9.33. The molecule has 0 bridgehead atoms. The molecule has 0 N–H and O–H groups in total. The minimum Gasteiger partial charge on any atom is -0.311 e. The van der Waals surface area contributed by atoms with E-state index in [1.165, 1.54) is 139 Å². The summed E-state index contributed by atoms with van der Waals surface area (Å²) in [7, 11) is 0. The largest absolute Gasteiger partial charge is 0.311 e.